The minimum Gasteiger partial charge on any atom is -0.507 e. The molecule has 1 aromatic heterocycles. The molecule has 0 saturated carbocycles. The molecular formula is C23H17ClN2O. The number of phenolic OH excluding ortho intramolecular Hbond substituents is 1. The van der Waals surface area contributed by atoms with Gasteiger partial charge in [0.15, 0.2) is 0 Å². The van der Waals surface area contributed by atoms with Crippen molar-refractivity contribution in [1.29, 1.82) is 0 Å². The Morgan fingerprint density at radius 3 is 2.37 bits per heavy atom. The molecule has 0 aliphatic carbocycles. The summed E-state index contributed by atoms with van der Waals surface area (Å²) < 4.78 is 1.84. The summed E-state index contributed by atoms with van der Waals surface area (Å²) in [6.07, 6.45) is 3.91. The number of aromatic nitrogens is 2. The third-order valence-corrected chi connectivity index (χ3v) is 4.44. The molecule has 1 heterocycles. The molecule has 3 nitrogen and oxygen atoms in total. The molecule has 0 radical (unpaired) electrons. The Hall–Kier alpha value is -3.30. The predicted octanol–water partition coefficient (Wildman–Crippen LogP) is 6.07. The van der Waals surface area contributed by atoms with Crippen LogP contribution in [-0.4, -0.2) is 14.9 Å². The summed E-state index contributed by atoms with van der Waals surface area (Å²) in [7, 11) is 0. The van der Waals surface area contributed by atoms with Crippen LogP contribution in [0, 0.1) is 0 Å². The Labute approximate surface area is 162 Å². The molecule has 1 N–H and O–H groups in total. The summed E-state index contributed by atoms with van der Waals surface area (Å²) in [5.41, 5.74) is 4.28. The van der Waals surface area contributed by atoms with E-state index in [2.05, 4.69) is 0 Å². The lowest BCUT2D eigenvalue weighted by Crippen LogP contribution is -1.98. The lowest BCUT2D eigenvalue weighted by atomic mass is 10.1. The average molecular weight is 373 g/mol. The van der Waals surface area contributed by atoms with Gasteiger partial charge in [0.1, 0.15) is 5.75 Å². The van der Waals surface area contributed by atoms with Gasteiger partial charge in [-0.2, -0.15) is 5.10 Å². The first-order valence-corrected chi connectivity index (χ1v) is 8.96. The van der Waals surface area contributed by atoms with Crippen molar-refractivity contribution in [3.8, 4) is 22.7 Å². The smallest absolute Gasteiger partial charge is 0.124 e. The standard InChI is InChI=1S/C23H17ClN2O/c24-18-8-6-7-17(15-18)13-14-19-16-22(21-11-4-5-12-23(21)27)26(25-19)20-9-2-1-3-10-20/h1-16,27H/b14-13+. The Morgan fingerprint density at radius 2 is 1.59 bits per heavy atom. The highest BCUT2D eigenvalue weighted by Gasteiger charge is 2.13. The molecule has 0 aliphatic heterocycles. The molecule has 0 spiro atoms. The zero-order valence-electron chi connectivity index (χ0n) is 14.5. The fourth-order valence-corrected chi connectivity index (χ4v) is 3.12. The van der Waals surface area contributed by atoms with Gasteiger partial charge >= 0.3 is 0 Å². The van der Waals surface area contributed by atoms with Crippen molar-refractivity contribution in [2.24, 2.45) is 0 Å². The number of hydrogen-bond donors (Lipinski definition) is 1. The summed E-state index contributed by atoms with van der Waals surface area (Å²) in [6.45, 7) is 0. The molecule has 4 aromatic rings. The van der Waals surface area contributed by atoms with Crippen molar-refractivity contribution in [2.45, 2.75) is 0 Å². The molecular weight excluding hydrogens is 356 g/mol. The number of benzene rings is 3. The maximum Gasteiger partial charge on any atom is 0.124 e. The number of halogens is 1. The molecule has 3 aromatic carbocycles. The van der Waals surface area contributed by atoms with Crippen molar-refractivity contribution in [3.63, 3.8) is 0 Å². The van der Waals surface area contributed by atoms with Crippen LogP contribution >= 0.6 is 11.6 Å². The average Bonchev–Trinajstić information content (AvgIpc) is 3.12. The molecule has 0 aliphatic rings. The van der Waals surface area contributed by atoms with Crippen LogP contribution in [0.5, 0.6) is 5.75 Å². The number of aromatic hydroxyl groups is 1. The van der Waals surface area contributed by atoms with Crippen LogP contribution in [0.4, 0.5) is 0 Å². The Bertz CT molecular complexity index is 1100. The first-order chi connectivity index (χ1) is 13.2. The lowest BCUT2D eigenvalue weighted by molar-refractivity contribution is 0.477. The van der Waals surface area contributed by atoms with Crippen LogP contribution in [0.15, 0.2) is 84.9 Å². The van der Waals surface area contributed by atoms with Crippen molar-refractivity contribution in [1.82, 2.24) is 9.78 Å². The normalized spacial score (nSPS) is 11.1. The molecule has 0 amide bonds. The minimum absolute atomic E-state index is 0.222. The highest BCUT2D eigenvalue weighted by molar-refractivity contribution is 6.30. The van der Waals surface area contributed by atoms with Crippen LogP contribution in [0.25, 0.3) is 29.1 Å². The first-order valence-electron chi connectivity index (χ1n) is 8.58. The highest BCUT2D eigenvalue weighted by Crippen LogP contribution is 2.31. The van der Waals surface area contributed by atoms with Gasteiger partial charge in [-0.1, -0.05) is 60.1 Å². The minimum atomic E-state index is 0.222. The van der Waals surface area contributed by atoms with Gasteiger partial charge in [-0.3, -0.25) is 0 Å². The summed E-state index contributed by atoms with van der Waals surface area (Å²) in [5.74, 6) is 0.222. The number of hydrogen-bond acceptors (Lipinski definition) is 2. The third kappa shape index (κ3) is 3.78. The summed E-state index contributed by atoms with van der Waals surface area (Å²) in [5, 5.41) is 15.7. The van der Waals surface area contributed by atoms with Crippen molar-refractivity contribution < 1.29 is 5.11 Å². The zero-order valence-corrected chi connectivity index (χ0v) is 15.2. The molecule has 0 atom stereocenters. The zero-order chi connectivity index (χ0) is 18.6. The third-order valence-electron chi connectivity index (χ3n) is 4.20. The van der Waals surface area contributed by atoms with E-state index in [1.165, 1.54) is 0 Å². The van der Waals surface area contributed by atoms with Crippen LogP contribution < -0.4 is 0 Å². The number of nitrogens with zero attached hydrogens (tertiary/aromatic N) is 2. The maximum absolute atomic E-state index is 10.3. The maximum atomic E-state index is 10.3. The molecule has 0 saturated heterocycles. The van der Waals surface area contributed by atoms with E-state index < -0.39 is 0 Å². The van der Waals surface area contributed by atoms with Crippen LogP contribution in [0.3, 0.4) is 0 Å². The molecule has 0 unspecified atom stereocenters. The van der Waals surface area contributed by atoms with Gasteiger partial charge in [-0.15, -0.1) is 0 Å². The van der Waals surface area contributed by atoms with E-state index in [9.17, 15) is 5.11 Å². The van der Waals surface area contributed by atoms with E-state index >= 15 is 0 Å². The summed E-state index contributed by atoms with van der Waals surface area (Å²) >= 11 is 6.05. The second-order valence-corrected chi connectivity index (χ2v) is 6.54. The van der Waals surface area contributed by atoms with Gasteiger partial charge in [-0.25, -0.2) is 4.68 Å². The van der Waals surface area contributed by atoms with Crippen molar-refractivity contribution in [3.05, 3.63) is 101 Å². The fraction of sp³-hybridized carbons (Fsp3) is 0. The van der Waals surface area contributed by atoms with Crippen LogP contribution in [0.2, 0.25) is 5.02 Å². The van der Waals surface area contributed by atoms with Crippen LogP contribution in [0.1, 0.15) is 11.3 Å². The van der Waals surface area contributed by atoms with E-state index in [1.54, 1.807) is 6.07 Å². The van der Waals surface area contributed by atoms with E-state index in [4.69, 9.17) is 16.7 Å². The Balaban J connectivity index is 1.80. The molecule has 4 heteroatoms. The number of rotatable bonds is 4. The Morgan fingerprint density at radius 1 is 0.815 bits per heavy atom. The molecule has 4 rings (SSSR count). The van der Waals surface area contributed by atoms with Crippen molar-refractivity contribution in [2.75, 3.05) is 0 Å². The quantitative estimate of drug-likeness (QED) is 0.472. The molecule has 27 heavy (non-hydrogen) atoms. The Kier molecular flexibility index (Phi) is 4.77. The van der Waals surface area contributed by atoms with Crippen molar-refractivity contribution >= 4 is 23.8 Å². The molecule has 0 fully saturated rings. The largest absolute Gasteiger partial charge is 0.507 e. The van der Waals surface area contributed by atoms with E-state index in [0.29, 0.717) is 5.02 Å². The van der Waals surface area contributed by atoms with E-state index in [1.807, 2.05) is 95.7 Å². The van der Waals surface area contributed by atoms with Gasteiger partial charge in [-0.05, 0) is 54.1 Å². The highest BCUT2D eigenvalue weighted by atomic mass is 35.5. The lowest BCUT2D eigenvalue weighted by Gasteiger charge is -2.08. The monoisotopic (exact) mass is 372 g/mol. The fourth-order valence-electron chi connectivity index (χ4n) is 2.92. The van der Waals surface area contributed by atoms with E-state index in [0.717, 1.165) is 28.2 Å². The molecule has 132 valence electrons. The van der Waals surface area contributed by atoms with Gasteiger partial charge in [0.2, 0.25) is 0 Å². The van der Waals surface area contributed by atoms with Crippen LogP contribution in [-0.2, 0) is 0 Å². The van der Waals surface area contributed by atoms with Gasteiger partial charge < -0.3 is 5.11 Å². The first kappa shape index (κ1) is 17.1. The van der Waals surface area contributed by atoms with Gasteiger partial charge in [0, 0.05) is 10.6 Å². The molecule has 0 bridgehead atoms. The number of para-hydroxylation sites is 2. The SMILES string of the molecule is Oc1ccccc1-c1cc(/C=C/c2cccc(Cl)c2)nn1-c1ccccc1. The van der Waals surface area contributed by atoms with Gasteiger partial charge in [0.25, 0.3) is 0 Å². The predicted molar refractivity (Wildman–Crippen MR) is 111 cm³/mol. The second-order valence-electron chi connectivity index (χ2n) is 6.11. The van der Waals surface area contributed by atoms with Gasteiger partial charge in [0.05, 0.1) is 17.1 Å². The summed E-state index contributed by atoms with van der Waals surface area (Å²) in [4.78, 5) is 0. The van der Waals surface area contributed by atoms with E-state index in [-0.39, 0.29) is 5.75 Å². The summed E-state index contributed by atoms with van der Waals surface area (Å²) in [6, 6.07) is 26.8. The number of phenols is 1. The second kappa shape index (κ2) is 7.52. The topological polar surface area (TPSA) is 38.1 Å².